The number of rotatable bonds is 3. The summed E-state index contributed by atoms with van der Waals surface area (Å²) in [5, 5.41) is 29.2. The molecule has 0 spiro atoms. The highest BCUT2D eigenvalue weighted by Gasteiger charge is 2.34. The van der Waals surface area contributed by atoms with E-state index in [1.807, 2.05) is 4.90 Å². The number of aromatic nitrogens is 2. The van der Waals surface area contributed by atoms with E-state index in [2.05, 4.69) is 14.9 Å². The number of hydrogen-bond acceptors (Lipinski definition) is 7. The van der Waals surface area contributed by atoms with Gasteiger partial charge in [-0.3, -0.25) is 0 Å². The summed E-state index contributed by atoms with van der Waals surface area (Å²) >= 11 is 0. The van der Waals surface area contributed by atoms with Gasteiger partial charge < -0.3 is 24.6 Å². The Morgan fingerprint density at radius 3 is 2.63 bits per heavy atom. The zero-order valence-electron chi connectivity index (χ0n) is 16.3. The number of ether oxygens (including phenoxy) is 2. The van der Waals surface area contributed by atoms with Gasteiger partial charge in [-0.1, -0.05) is 12.8 Å². The smallest absolute Gasteiger partial charge is 0.507 e. The monoisotopic (exact) mass is 425 g/mol. The van der Waals surface area contributed by atoms with E-state index in [1.54, 1.807) is 13.0 Å². The summed E-state index contributed by atoms with van der Waals surface area (Å²) in [4.78, 5) is 2.01. The van der Waals surface area contributed by atoms with Crippen LogP contribution in [-0.2, 0) is 0 Å². The van der Waals surface area contributed by atoms with Crippen LogP contribution in [0.2, 0.25) is 0 Å². The number of aromatic hydroxyl groups is 1. The number of halogens is 3. The van der Waals surface area contributed by atoms with Gasteiger partial charge in [0.1, 0.15) is 23.8 Å². The number of fused-ring (bicyclic) bond motifs is 1. The van der Waals surface area contributed by atoms with Gasteiger partial charge in [0.2, 0.25) is 0 Å². The van der Waals surface area contributed by atoms with Crippen LogP contribution >= 0.6 is 0 Å². The molecule has 162 valence electrons. The number of aliphatic hydroxyl groups excluding tert-OH is 1. The predicted molar refractivity (Wildman–Crippen MR) is 102 cm³/mol. The highest BCUT2D eigenvalue weighted by atomic mass is 19.4. The fraction of sp³-hybridized carbons (Fsp3) is 0.500. The molecule has 2 aliphatic rings. The quantitative estimate of drug-likeness (QED) is 0.778. The van der Waals surface area contributed by atoms with Crippen molar-refractivity contribution in [2.45, 2.75) is 51.1 Å². The first-order valence-corrected chi connectivity index (χ1v) is 9.78. The highest BCUT2D eigenvalue weighted by molar-refractivity contribution is 5.74. The minimum absolute atomic E-state index is 0.0597. The van der Waals surface area contributed by atoms with Crippen molar-refractivity contribution in [3.8, 4) is 28.5 Å². The second-order valence-corrected chi connectivity index (χ2v) is 7.56. The van der Waals surface area contributed by atoms with Crippen LogP contribution in [0.5, 0.6) is 17.2 Å². The average Bonchev–Trinajstić information content (AvgIpc) is 2.66. The van der Waals surface area contributed by atoms with Gasteiger partial charge >= 0.3 is 6.36 Å². The lowest BCUT2D eigenvalue weighted by Gasteiger charge is -2.40. The molecule has 0 bridgehead atoms. The molecule has 1 aromatic carbocycles. The number of nitrogens with zero attached hydrogens (tertiary/aromatic N) is 3. The van der Waals surface area contributed by atoms with Crippen molar-refractivity contribution < 1.29 is 32.9 Å². The molecule has 0 radical (unpaired) electrons. The molecule has 10 heteroatoms. The molecule has 2 atom stereocenters. The van der Waals surface area contributed by atoms with Crippen molar-refractivity contribution in [3.05, 3.63) is 23.8 Å². The first-order chi connectivity index (χ1) is 14.2. The molecule has 1 aromatic heterocycles. The summed E-state index contributed by atoms with van der Waals surface area (Å²) in [6.07, 6.45) is -1.69. The van der Waals surface area contributed by atoms with E-state index in [1.165, 1.54) is 6.07 Å². The molecular weight excluding hydrogens is 403 g/mol. The lowest BCUT2D eigenvalue weighted by atomic mass is 9.91. The summed E-state index contributed by atoms with van der Waals surface area (Å²) in [5.41, 5.74) is 0.866. The van der Waals surface area contributed by atoms with E-state index in [0.29, 0.717) is 30.3 Å². The number of hydrogen-bond donors (Lipinski definition) is 2. The van der Waals surface area contributed by atoms with Crippen LogP contribution in [0.4, 0.5) is 19.0 Å². The third-order valence-corrected chi connectivity index (χ3v) is 5.47. The zero-order valence-corrected chi connectivity index (χ0v) is 16.3. The fourth-order valence-corrected chi connectivity index (χ4v) is 4.20. The van der Waals surface area contributed by atoms with Crippen LogP contribution in [-0.4, -0.2) is 52.1 Å². The van der Waals surface area contributed by atoms with Crippen LogP contribution in [0.15, 0.2) is 18.2 Å². The van der Waals surface area contributed by atoms with Crippen molar-refractivity contribution in [2.75, 3.05) is 18.1 Å². The zero-order chi connectivity index (χ0) is 21.5. The van der Waals surface area contributed by atoms with Crippen LogP contribution < -0.4 is 14.4 Å². The Hall–Kier alpha value is -2.75. The van der Waals surface area contributed by atoms with Crippen LogP contribution in [0.25, 0.3) is 11.3 Å². The number of alkyl halides is 3. The molecule has 1 fully saturated rings. The minimum Gasteiger partial charge on any atom is -0.507 e. The molecule has 0 saturated heterocycles. The van der Waals surface area contributed by atoms with Crippen molar-refractivity contribution in [3.63, 3.8) is 0 Å². The molecule has 2 aromatic rings. The maximum absolute atomic E-state index is 12.5. The molecule has 0 amide bonds. The van der Waals surface area contributed by atoms with Crippen LogP contribution in [0.1, 0.15) is 31.2 Å². The van der Waals surface area contributed by atoms with Crippen LogP contribution in [0.3, 0.4) is 0 Å². The van der Waals surface area contributed by atoms with Crippen LogP contribution in [0, 0.1) is 6.92 Å². The van der Waals surface area contributed by atoms with Crippen molar-refractivity contribution in [1.29, 1.82) is 0 Å². The number of aliphatic hydroxyl groups is 1. The van der Waals surface area contributed by atoms with Crippen molar-refractivity contribution >= 4 is 5.82 Å². The number of benzene rings is 1. The third-order valence-electron chi connectivity index (χ3n) is 5.47. The normalized spacial score (nSPS) is 21.7. The van der Waals surface area contributed by atoms with E-state index in [-0.39, 0.29) is 17.3 Å². The number of phenolic OH excluding ortho intramolecular Hbond substituents is 1. The molecule has 7 nitrogen and oxygen atoms in total. The molecule has 2 N–H and O–H groups in total. The predicted octanol–water partition coefficient (Wildman–Crippen LogP) is 3.56. The second-order valence-electron chi connectivity index (χ2n) is 7.56. The first-order valence-electron chi connectivity index (χ1n) is 9.78. The fourth-order valence-electron chi connectivity index (χ4n) is 4.20. The van der Waals surface area contributed by atoms with Gasteiger partial charge in [0, 0.05) is 17.7 Å². The van der Waals surface area contributed by atoms with Gasteiger partial charge in [-0.2, -0.15) is 0 Å². The van der Waals surface area contributed by atoms with Gasteiger partial charge in [0.25, 0.3) is 0 Å². The van der Waals surface area contributed by atoms with E-state index >= 15 is 0 Å². The number of aryl methyl sites for hydroxylation is 1. The topological polar surface area (TPSA) is 87.9 Å². The Labute approximate surface area is 171 Å². The number of phenols is 1. The molecule has 30 heavy (non-hydrogen) atoms. The molecule has 4 rings (SSSR count). The van der Waals surface area contributed by atoms with Gasteiger partial charge in [0.15, 0.2) is 11.6 Å². The Morgan fingerprint density at radius 1 is 1.17 bits per heavy atom. The summed E-state index contributed by atoms with van der Waals surface area (Å²) in [5.74, 6) is 0.0586. The lowest BCUT2D eigenvalue weighted by molar-refractivity contribution is -0.274. The molecule has 2 heterocycles. The van der Waals surface area contributed by atoms with Gasteiger partial charge in [-0.25, -0.2) is 0 Å². The molecule has 1 aliphatic heterocycles. The molecule has 1 aliphatic carbocycles. The van der Waals surface area contributed by atoms with Gasteiger partial charge in [0.05, 0.1) is 18.7 Å². The third kappa shape index (κ3) is 4.09. The standard InChI is InChI=1S/C20H22F3N3O4/c1-11-8-12(30-20(21,22)23)9-16(28)18(11)13-10-17-19(25-24-13)26(6-7-29-17)14-4-2-3-5-15(14)27/h8-10,14-15,27-28H,2-7H2,1H3/t14-,15-/m1/s1. The van der Waals surface area contributed by atoms with Gasteiger partial charge in [-0.15, -0.1) is 23.4 Å². The minimum atomic E-state index is -4.85. The SMILES string of the molecule is Cc1cc(OC(F)(F)F)cc(O)c1-c1cc2c(nn1)N([C@@H]1CCCC[C@H]1O)CCO2. The summed E-state index contributed by atoms with van der Waals surface area (Å²) in [7, 11) is 0. The second kappa shape index (κ2) is 7.82. The van der Waals surface area contributed by atoms with Crippen molar-refractivity contribution in [1.82, 2.24) is 10.2 Å². The van der Waals surface area contributed by atoms with E-state index in [0.717, 1.165) is 31.7 Å². The summed E-state index contributed by atoms with van der Waals surface area (Å²) in [6, 6.07) is 3.61. The maximum Gasteiger partial charge on any atom is 0.573 e. The average molecular weight is 425 g/mol. The molecule has 0 unspecified atom stereocenters. The first kappa shape index (κ1) is 20.5. The number of anilines is 1. The summed E-state index contributed by atoms with van der Waals surface area (Å²) in [6.45, 7) is 2.53. The lowest BCUT2D eigenvalue weighted by Crippen LogP contribution is -2.49. The Kier molecular flexibility index (Phi) is 5.35. The van der Waals surface area contributed by atoms with E-state index in [4.69, 9.17) is 4.74 Å². The van der Waals surface area contributed by atoms with Gasteiger partial charge in [-0.05, 0) is 31.4 Å². The summed E-state index contributed by atoms with van der Waals surface area (Å²) < 4.78 is 47.0. The Bertz CT molecular complexity index is 915. The van der Waals surface area contributed by atoms with E-state index in [9.17, 15) is 23.4 Å². The molecular formula is C20H22F3N3O4. The Balaban J connectivity index is 1.66. The Morgan fingerprint density at radius 2 is 1.93 bits per heavy atom. The van der Waals surface area contributed by atoms with E-state index < -0.39 is 24.0 Å². The highest BCUT2D eigenvalue weighted by Crippen LogP contribution is 2.40. The largest absolute Gasteiger partial charge is 0.573 e. The van der Waals surface area contributed by atoms with Crippen molar-refractivity contribution in [2.24, 2.45) is 0 Å². The molecule has 1 saturated carbocycles. The maximum atomic E-state index is 12.5.